The molecule has 0 amide bonds. The average Bonchev–Trinajstić information content (AvgIpc) is 2.84. The Morgan fingerprint density at radius 1 is 1.22 bits per heavy atom. The maximum absolute atomic E-state index is 12.2. The van der Waals surface area contributed by atoms with Crippen molar-refractivity contribution in [2.45, 2.75) is 49.9 Å². The molecule has 10 heteroatoms. The first kappa shape index (κ1) is 27.1. The molecule has 1 heterocycles. The summed E-state index contributed by atoms with van der Waals surface area (Å²) in [5.74, 6) is 3.68. The van der Waals surface area contributed by atoms with Gasteiger partial charge in [0, 0.05) is 18.0 Å². The van der Waals surface area contributed by atoms with Crippen LogP contribution in [0.15, 0.2) is 59.6 Å². The predicted octanol–water partition coefficient (Wildman–Crippen LogP) is 2.97. The van der Waals surface area contributed by atoms with Crippen molar-refractivity contribution in [2.75, 3.05) is 6.73 Å². The molecule has 0 bridgehead atoms. The van der Waals surface area contributed by atoms with E-state index in [1.54, 1.807) is 18.2 Å². The Labute approximate surface area is 211 Å². The minimum atomic E-state index is -4.34. The molecule has 1 aliphatic rings. The van der Waals surface area contributed by atoms with E-state index in [4.69, 9.17) is 10.5 Å². The van der Waals surface area contributed by atoms with Gasteiger partial charge in [-0.25, -0.2) is 0 Å². The van der Waals surface area contributed by atoms with Crippen LogP contribution in [-0.4, -0.2) is 41.1 Å². The fraction of sp³-hybridized carbons (Fsp3) is 0.346. The van der Waals surface area contributed by atoms with Crippen LogP contribution in [0, 0.1) is 12.0 Å². The van der Waals surface area contributed by atoms with Crippen LogP contribution in [0.4, 0.5) is 0 Å². The molecule has 0 aliphatic carbocycles. The lowest BCUT2D eigenvalue weighted by Crippen LogP contribution is -2.34. The zero-order valence-electron chi connectivity index (χ0n) is 20.0. The lowest BCUT2D eigenvalue weighted by molar-refractivity contribution is 0.228. The second-order valence-corrected chi connectivity index (χ2v) is 10.2. The lowest BCUT2D eigenvalue weighted by atomic mass is 9.89. The summed E-state index contributed by atoms with van der Waals surface area (Å²) in [6.45, 7) is 2.09. The van der Waals surface area contributed by atoms with Gasteiger partial charge in [-0.3, -0.25) is 4.55 Å². The van der Waals surface area contributed by atoms with Gasteiger partial charge in [0.1, 0.15) is 11.5 Å². The topological polar surface area (TPSA) is 154 Å². The zero-order valence-corrected chi connectivity index (χ0v) is 20.8. The number of guanidine groups is 1. The number of benzene rings is 2. The Morgan fingerprint density at radius 3 is 2.64 bits per heavy atom. The van der Waals surface area contributed by atoms with E-state index in [0.717, 1.165) is 11.1 Å². The Morgan fingerprint density at radius 2 is 1.94 bits per heavy atom. The molecule has 3 rings (SSSR count). The average molecular weight is 514 g/mol. The molecule has 3 unspecified atom stereocenters. The van der Waals surface area contributed by atoms with Crippen LogP contribution < -0.4 is 15.8 Å². The number of fused-ring (bicyclic) bond motifs is 1. The third-order valence-corrected chi connectivity index (χ3v) is 7.21. The van der Waals surface area contributed by atoms with Gasteiger partial charge in [0.15, 0.2) is 6.73 Å². The van der Waals surface area contributed by atoms with Gasteiger partial charge in [-0.1, -0.05) is 49.3 Å². The van der Waals surface area contributed by atoms with E-state index in [9.17, 15) is 23.2 Å². The summed E-state index contributed by atoms with van der Waals surface area (Å²) in [4.78, 5) is 3.87. The van der Waals surface area contributed by atoms with E-state index in [0.29, 0.717) is 24.2 Å². The van der Waals surface area contributed by atoms with Gasteiger partial charge in [-0.05, 0) is 54.5 Å². The van der Waals surface area contributed by atoms with Crippen molar-refractivity contribution in [3.8, 4) is 23.5 Å². The molecule has 0 aromatic heterocycles. The van der Waals surface area contributed by atoms with E-state index in [2.05, 4.69) is 22.3 Å². The Kier molecular flexibility index (Phi) is 9.36. The molecule has 0 saturated heterocycles. The molecule has 0 fully saturated rings. The van der Waals surface area contributed by atoms with Crippen LogP contribution in [0.3, 0.4) is 0 Å². The van der Waals surface area contributed by atoms with Crippen LogP contribution >= 0.6 is 0 Å². The first-order valence-corrected chi connectivity index (χ1v) is 13.1. The smallest absolute Gasteiger partial charge is 0.268 e. The number of allylic oxidation sites excluding steroid dienone is 1. The van der Waals surface area contributed by atoms with Crippen LogP contribution in [0.1, 0.15) is 54.9 Å². The van der Waals surface area contributed by atoms with Crippen LogP contribution in [0.25, 0.3) is 0 Å². The SMILES string of the molecule is CCC(CC(CC=CC(O)c1ccc(O)cc1)S(=O)(=O)O)c1ccc2c(c1)CC#CN=C(N)NCO2. The second kappa shape index (κ2) is 12.4. The van der Waals surface area contributed by atoms with Crippen molar-refractivity contribution in [3.63, 3.8) is 0 Å². The van der Waals surface area contributed by atoms with Crippen LogP contribution in [0.5, 0.6) is 11.5 Å². The number of nitrogens with one attached hydrogen (secondary N) is 1. The number of rotatable bonds is 9. The number of aromatic hydroxyl groups is 1. The minimum absolute atomic E-state index is 0.0368. The molecule has 6 N–H and O–H groups in total. The third kappa shape index (κ3) is 7.75. The van der Waals surface area contributed by atoms with Crippen molar-refractivity contribution in [1.29, 1.82) is 0 Å². The van der Waals surface area contributed by atoms with Crippen molar-refractivity contribution in [2.24, 2.45) is 10.7 Å². The Bertz CT molecular complexity index is 1260. The highest BCUT2D eigenvalue weighted by molar-refractivity contribution is 7.86. The van der Waals surface area contributed by atoms with E-state index < -0.39 is 21.5 Å². The summed E-state index contributed by atoms with van der Waals surface area (Å²) in [7, 11) is -4.34. The number of nitrogens with two attached hydrogens (primary N) is 1. The fourth-order valence-electron chi connectivity index (χ4n) is 3.93. The number of aliphatic hydroxyl groups is 1. The highest BCUT2D eigenvalue weighted by Crippen LogP contribution is 2.32. The standard InChI is InChI=1S/C26H31N3O6S/c1-2-18(20-10-13-25-21(15-20)5-4-14-28-26(27)29-17-35-25)16-23(36(32,33)34)6-3-7-24(31)19-8-11-22(30)12-9-19/h3,7-13,15,18,23-24,30-31H,2,5-6,16-17H2,1H3,(H3,27,28,29)(H,32,33,34). The number of aliphatic hydroxyl groups excluding tert-OH is 1. The van der Waals surface area contributed by atoms with Crippen molar-refractivity contribution < 1.29 is 27.9 Å². The first-order valence-electron chi connectivity index (χ1n) is 11.6. The van der Waals surface area contributed by atoms with Gasteiger partial charge in [0.25, 0.3) is 10.1 Å². The van der Waals surface area contributed by atoms with Gasteiger partial charge in [-0.2, -0.15) is 13.4 Å². The maximum Gasteiger partial charge on any atom is 0.268 e. The number of aliphatic imine (C=N–C) groups is 1. The zero-order chi connectivity index (χ0) is 26.1. The molecule has 192 valence electrons. The quantitative estimate of drug-likeness (QED) is 0.195. The molecular weight excluding hydrogens is 482 g/mol. The normalized spacial score (nSPS) is 16.4. The van der Waals surface area contributed by atoms with Gasteiger partial charge in [0.05, 0.1) is 11.4 Å². The highest BCUT2D eigenvalue weighted by Gasteiger charge is 2.26. The highest BCUT2D eigenvalue weighted by atomic mass is 32.2. The van der Waals surface area contributed by atoms with E-state index >= 15 is 0 Å². The Hall–Kier alpha value is -3.52. The molecule has 0 saturated carbocycles. The monoisotopic (exact) mass is 513 g/mol. The molecule has 2 aromatic rings. The number of nitrogens with zero attached hydrogens (tertiary/aromatic N) is 1. The van der Waals surface area contributed by atoms with Gasteiger partial charge in [0.2, 0.25) is 5.96 Å². The fourth-order valence-corrected chi connectivity index (χ4v) is 4.76. The summed E-state index contributed by atoms with van der Waals surface area (Å²) in [5.41, 5.74) is 7.97. The lowest BCUT2D eigenvalue weighted by Gasteiger charge is -2.22. The largest absolute Gasteiger partial charge is 0.508 e. The number of ether oxygens (including phenoxy) is 1. The van der Waals surface area contributed by atoms with E-state index in [-0.39, 0.29) is 37.2 Å². The molecule has 9 nitrogen and oxygen atoms in total. The predicted molar refractivity (Wildman–Crippen MR) is 138 cm³/mol. The van der Waals surface area contributed by atoms with Crippen LogP contribution in [-0.2, 0) is 16.5 Å². The molecule has 0 spiro atoms. The molecule has 0 radical (unpaired) electrons. The summed E-state index contributed by atoms with van der Waals surface area (Å²) < 4.78 is 40.0. The number of hydrogen-bond acceptors (Lipinski definition) is 8. The molecule has 2 aromatic carbocycles. The number of phenolic OH excluding ortho intramolecular Hbond substituents is 1. The second-order valence-electron chi connectivity index (χ2n) is 8.47. The molecular formula is C26H31N3O6S. The first-order chi connectivity index (χ1) is 17.2. The molecule has 1 aliphatic heterocycles. The minimum Gasteiger partial charge on any atom is -0.508 e. The summed E-state index contributed by atoms with van der Waals surface area (Å²) >= 11 is 0. The summed E-state index contributed by atoms with van der Waals surface area (Å²) in [5, 5.41) is 21.5. The maximum atomic E-state index is 12.2. The number of hydrogen-bond donors (Lipinski definition) is 5. The van der Waals surface area contributed by atoms with Crippen molar-refractivity contribution >= 4 is 16.1 Å². The van der Waals surface area contributed by atoms with Crippen molar-refractivity contribution in [3.05, 3.63) is 71.3 Å². The van der Waals surface area contributed by atoms with E-state index in [1.807, 2.05) is 25.1 Å². The third-order valence-electron chi connectivity index (χ3n) is 5.98. The summed E-state index contributed by atoms with van der Waals surface area (Å²) in [6.07, 6.45) is 3.33. The number of phenols is 1. The van der Waals surface area contributed by atoms with Gasteiger partial charge in [-0.15, -0.1) is 0 Å². The van der Waals surface area contributed by atoms with Gasteiger partial charge >= 0.3 is 0 Å². The van der Waals surface area contributed by atoms with Gasteiger partial charge < -0.3 is 26.0 Å². The molecule has 3 atom stereocenters. The van der Waals surface area contributed by atoms with Crippen molar-refractivity contribution in [1.82, 2.24) is 5.32 Å². The summed E-state index contributed by atoms with van der Waals surface area (Å²) in [6, 6.07) is 14.4. The van der Waals surface area contributed by atoms with Crippen LogP contribution in [0.2, 0.25) is 0 Å². The Balaban J connectivity index is 1.75. The molecule has 36 heavy (non-hydrogen) atoms. The van der Waals surface area contributed by atoms with E-state index in [1.165, 1.54) is 18.2 Å².